The predicted molar refractivity (Wildman–Crippen MR) is 75.0 cm³/mol. The van der Waals surface area contributed by atoms with Gasteiger partial charge in [0.05, 0.1) is 4.99 Å². The second-order valence-corrected chi connectivity index (χ2v) is 6.61. The van der Waals surface area contributed by atoms with Crippen molar-refractivity contribution in [2.24, 2.45) is 29.4 Å². The Hall–Kier alpha value is -0.640. The molecule has 1 saturated heterocycles. The second-order valence-electron chi connectivity index (χ2n) is 6.14. The van der Waals surface area contributed by atoms with Gasteiger partial charge in [-0.2, -0.15) is 0 Å². The van der Waals surface area contributed by atoms with Gasteiger partial charge in [0, 0.05) is 24.9 Å². The molecule has 0 radical (unpaired) electrons. The van der Waals surface area contributed by atoms with E-state index in [0.29, 0.717) is 22.7 Å². The Kier molecular flexibility index (Phi) is 3.31. The topological polar surface area (TPSA) is 46.3 Å². The standard InChI is InChI=1S/C14H22N2OS/c15-13(18)9-5-7-16(8-6-9)14(17)12-10-3-1-2-4-11(10)12/h9-12H,1-8H2,(H2,15,18). The third-order valence-electron chi connectivity index (χ3n) is 5.15. The van der Waals surface area contributed by atoms with Crippen LogP contribution in [0.25, 0.3) is 0 Å². The zero-order valence-electron chi connectivity index (χ0n) is 10.8. The third-order valence-corrected chi connectivity index (χ3v) is 5.48. The normalized spacial score (nSPS) is 36.0. The molecule has 2 N–H and O–H groups in total. The zero-order valence-corrected chi connectivity index (χ0v) is 11.6. The van der Waals surface area contributed by atoms with Gasteiger partial charge in [-0.1, -0.05) is 25.1 Å². The highest BCUT2D eigenvalue weighted by Crippen LogP contribution is 2.56. The van der Waals surface area contributed by atoms with Crippen molar-refractivity contribution in [1.82, 2.24) is 4.90 Å². The maximum absolute atomic E-state index is 12.5. The van der Waals surface area contributed by atoms with Crippen LogP contribution in [0.4, 0.5) is 0 Å². The molecule has 0 aromatic rings. The minimum atomic E-state index is 0.352. The van der Waals surface area contributed by atoms with Crippen LogP contribution in [0.5, 0.6) is 0 Å². The molecule has 3 nitrogen and oxygen atoms in total. The van der Waals surface area contributed by atoms with Gasteiger partial charge in [-0.15, -0.1) is 0 Å². The number of carbonyl (C=O) groups excluding carboxylic acids is 1. The lowest BCUT2D eigenvalue weighted by atomic mass is 9.96. The Morgan fingerprint density at radius 1 is 1.06 bits per heavy atom. The van der Waals surface area contributed by atoms with Crippen LogP contribution < -0.4 is 5.73 Å². The summed E-state index contributed by atoms with van der Waals surface area (Å²) in [7, 11) is 0. The summed E-state index contributed by atoms with van der Waals surface area (Å²) in [5.41, 5.74) is 5.68. The van der Waals surface area contributed by atoms with Crippen LogP contribution in [0, 0.1) is 23.7 Å². The number of hydrogen-bond donors (Lipinski definition) is 1. The first kappa shape index (κ1) is 12.4. The summed E-state index contributed by atoms with van der Waals surface area (Å²) in [6.45, 7) is 1.72. The van der Waals surface area contributed by atoms with Gasteiger partial charge in [-0.25, -0.2) is 0 Å². The predicted octanol–water partition coefficient (Wildman–Crippen LogP) is 1.95. The van der Waals surface area contributed by atoms with Crippen LogP contribution in [0.3, 0.4) is 0 Å². The molecule has 0 aromatic heterocycles. The van der Waals surface area contributed by atoms with Crippen molar-refractivity contribution in [3.05, 3.63) is 0 Å². The molecule has 0 aromatic carbocycles. The van der Waals surface area contributed by atoms with Crippen LogP contribution >= 0.6 is 12.2 Å². The number of carbonyl (C=O) groups is 1. The van der Waals surface area contributed by atoms with E-state index < -0.39 is 0 Å². The minimum Gasteiger partial charge on any atom is -0.393 e. The molecule has 1 amide bonds. The number of likely N-dealkylation sites (tertiary alicyclic amines) is 1. The number of piperidine rings is 1. The Morgan fingerprint density at radius 2 is 1.61 bits per heavy atom. The maximum Gasteiger partial charge on any atom is 0.226 e. The van der Waals surface area contributed by atoms with E-state index in [1.54, 1.807) is 0 Å². The highest BCUT2D eigenvalue weighted by Gasteiger charge is 2.55. The first-order chi connectivity index (χ1) is 8.68. The van der Waals surface area contributed by atoms with Crippen LogP contribution in [-0.4, -0.2) is 28.9 Å². The summed E-state index contributed by atoms with van der Waals surface area (Å²) in [4.78, 5) is 15.2. The molecule has 1 heterocycles. The number of thiocarbonyl (C=S) groups is 1. The fourth-order valence-corrected chi connectivity index (χ4v) is 4.19. The van der Waals surface area contributed by atoms with Gasteiger partial charge in [0.1, 0.15) is 0 Å². The molecule has 1 aliphatic heterocycles. The number of fused-ring (bicyclic) bond motifs is 1. The number of amides is 1. The number of rotatable bonds is 2. The third kappa shape index (κ3) is 2.15. The fraction of sp³-hybridized carbons (Fsp3) is 0.857. The summed E-state index contributed by atoms with van der Waals surface area (Å²) in [5.74, 6) is 2.59. The van der Waals surface area contributed by atoms with E-state index in [2.05, 4.69) is 4.90 Å². The molecule has 2 unspecified atom stereocenters. The number of nitrogens with zero attached hydrogens (tertiary/aromatic N) is 1. The summed E-state index contributed by atoms with van der Waals surface area (Å²) in [6, 6.07) is 0. The molecule has 2 saturated carbocycles. The molecule has 0 spiro atoms. The van der Waals surface area contributed by atoms with Crippen molar-refractivity contribution in [3.8, 4) is 0 Å². The Balaban J connectivity index is 1.54. The lowest BCUT2D eigenvalue weighted by molar-refractivity contribution is -0.134. The van der Waals surface area contributed by atoms with Crippen LogP contribution in [-0.2, 0) is 4.79 Å². The van der Waals surface area contributed by atoms with E-state index in [1.165, 1.54) is 25.7 Å². The van der Waals surface area contributed by atoms with Crippen LogP contribution in [0.15, 0.2) is 0 Å². The quantitative estimate of drug-likeness (QED) is 0.777. The van der Waals surface area contributed by atoms with E-state index in [1.807, 2.05) is 0 Å². The molecule has 3 fully saturated rings. The molecule has 18 heavy (non-hydrogen) atoms. The minimum absolute atomic E-state index is 0.352. The molecule has 4 heteroatoms. The molecular weight excluding hydrogens is 244 g/mol. The lowest BCUT2D eigenvalue weighted by Gasteiger charge is -2.31. The molecule has 2 aliphatic carbocycles. The van der Waals surface area contributed by atoms with Gasteiger partial charge in [-0.3, -0.25) is 4.79 Å². The average Bonchev–Trinajstić information content (AvgIpc) is 3.12. The van der Waals surface area contributed by atoms with Crippen LogP contribution in [0.2, 0.25) is 0 Å². The zero-order chi connectivity index (χ0) is 12.7. The summed E-state index contributed by atoms with van der Waals surface area (Å²) >= 11 is 5.04. The van der Waals surface area contributed by atoms with Crippen molar-refractivity contribution in [2.75, 3.05) is 13.1 Å². The van der Waals surface area contributed by atoms with E-state index in [0.717, 1.165) is 37.8 Å². The molecule has 100 valence electrons. The van der Waals surface area contributed by atoms with Crippen LogP contribution in [0.1, 0.15) is 38.5 Å². The second kappa shape index (κ2) is 4.80. The first-order valence-corrected chi connectivity index (χ1v) is 7.67. The van der Waals surface area contributed by atoms with Gasteiger partial charge in [0.15, 0.2) is 0 Å². The van der Waals surface area contributed by atoms with Crippen molar-refractivity contribution in [1.29, 1.82) is 0 Å². The average molecular weight is 266 g/mol. The number of hydrogen-bond acceptors (Lipinski definition) is 2. The summed E-state index contributed by atoms with van der Waals surface area (Å²) < 4.78 is 0. The first-order valence-electron chi connectivity index (χ1n) is 7.26. The van der Waals surface area contributed by atoms with Gasteiger partial charge in [-0.05, 0) is 37.5 Å². The lowest BCUT2D eigenvalue weighted by Crippen LogP contribution is -2.42. The number of nitrogens with two attached hydrogens (primary N) is 1. The Morgan fingerprint density at radius 3 is 2.11 bits per heavy atom. The Labute approximate surface area is 114 Å². The molecular formula is C14H22N2OS. The van der Waals surface area contributed by atoms with Crippen molar-refractivity contribution >= 4 is 23.1 Å². The maximum atomic E-state index is 12.5. The Bertz CT molecular complexity index is 351. The van der Waals surface area contributed by atoms with Gasteiger partial charge < -0.3 is 10.6 Å². The molecule has 3 aliphatic rings. The monoisotopic (exact) mass is 266 g/mol. The molecule has 2 atom stereocenters. The van der Waals surface area contributed by atoms with E-state index in [4.69, 9.17) is 18.0 Å². The van der Waals surface area contributed by atoms with E-state index >= 15 is 0 Å². The highest BCUT2D eigenvalue weighted by atomic mass is 32.1. The molecule has 0 bridgehead atoms. The largest absolute Gasteiger partial charge is 0.393 e. The van der Waals surface area contributed by atoms with Gasteiger partial charge in [0.25, 0.3) is 0 Å². The van der Waals surface area contributed by atoms with Gasteiger partial charge >= 0.3 is 0 Å². The smallest absolute Gasteiger partial charge is 0.226 e. The summed E-state index contributed by atoms with van der Waals surface area (Å²) in [5, 5.41) is 0. The fourth-order valence-electron chi connectivity index (χ4n) is 3.95. The van der Waals surface area contributed by atoms with Crippen molar-refractivity contribution in [2.45, 2.75) is 38.5 Å². The summed E-state index contributed by atoms with van der Waals surface area (Å²) in [6.07, 6.45) is 7.14. The highest BCUT2D eigenvalue weighted by molar-refractivity contribution is 7.80. The van der Waals surface area contributed by atoms with E-state index in [-0.39, 0.29) is 0 Å². The van der Waals surface area contributed by atoms with Crippen molar-refractivity contribution in [3.63, 3.8) is 0 Å². The van der Waals surface area contributed by atoms with Gasteiger partial charge in [0.2, 0.25) is 5.91 Å². The molecule has 3 rings (SSSR count). The SMILES string of the molecule is NC(=S)C1CCN(C(=O)C2C3CCCCC32)CC1. The van der Waals surface area contributed by atoms with E-state index in [9.17, 15) is 4.79 Å². The van der Waals surface area contributed by atoms with Crippen molar-refractivity contribution < 1.29 is 4.79 Å².